The number of carbonyl (C=O) groups excluding carboxylic acids is 1. The second-order valence-electron chi connectivity index (χ2n) is 6.40. The standard InChI is InChI=1S/C17H27N3O/c1-13(2)14-8-6-7-9-15(14)16-12-20(11-10-19(16)5)17(21)18(3)4/h6-9,13,16H,10-12H2,1-5H3. The van der Waals surface area contributed by atoms with E-state index in [1.807, 2.05) is 19.0 Å². The van der Waals surface area contributed by atoms with Crippen LogP contribution in [0.2, 0.25) is 0 Å². The van der Waals surface area contributed by atoms with Gasteiger partial charge >= 0.3 is 6.03 Å². The van der Waals surface area contributed by atoms with Gasteiger partial charge < -0.3 is 9.80 Å². The first kappa shape index (κ1) is 15.8. The van der Waals surface area contributed by atoms with E-state index in [2.05, 4.69) is 50.1 Å². The number of nitrogens with zero attached hydrogens (tertiary/aromatic N) is 3. The van der Waals surface area contributed by atoms with Crippen molar-refractivity contribution in [1.82, 2.24) is 14.7 Å². The number of benzene rings is 1. The number of rotatable bonds is 2. The Morgan fingerprint density at radius 3 is 2.52 bits per heavy atom. The van der Waals surface area contributed by atoms with Crippen LogP contribution in [0.25, 0.3) is 0 Å². The Hall–Kier alpha value is -1.55. The van der Waals surface area contributed by atoms with Gasteiger partial charge in [0.15, 0.2) is 0 Å². The summed E-state index contributed by atoms with van der Waals surface area (Å²) in [5.74, 6) is 0.495. The molecule has 0 spiro atoms. The SMILES string of the molecule is CC(C)c1ccccc1C1CN(C(=O)N(C)C)CCN1C. The maximum atomic E-state index is 12.2. The van der Waals surface area contributed by atoms with Gasteiger partial charge in [-0.3, -0.25) is 4.90 Å². The molecule has 1 aliphatic heterocycles. The van der Waals surface area contributed by atoms with Gasteiger partial charge in [-0.25, -0.2) is 4.79 Å². The molecule has 0 N–H and O–H groups in total. The highest BCUT2D eigenvalue weighted by Gasteiger charge is 2.30. The molecule has 1 fully saturated rings. The summed E-state index contributed by atoms with van der Waals surface area (Å²) in [7, 11) is 5.79. The van der Waals surface area contributed by atoms with Crippen molar-refractivity contribution in [3.63, 3.8) is 0 Å². The maximum absolute atomic E-state index is 12.2. The van der Waals surface area contributed by atoms with Crippen molar-refractivity contribution in [2.24, 2.45) is 0 Å². The van der Waals surface area contributed by atoms with E-state index >= 15 is 0 Å². The van der Waals surface area contributed by atoms with Crippen LogP contribution in [0.4, 0.5) is 4.79 Å². The zero-order valence-corrected chi connectivity index (χ0v) is 13.8. The molecule has 1 aromatic rings. The summed E-state index contributed by atoms with van der Waals surface area (Å²) in [6, 6.07) is 9.00. The van der Waals surface area contributed by atoms with Crippen LogP contribution in [0.5, 0.6) is 0 Å². The first-order valence-electron chi connectivity index (χ1n) is 7.67. The molecule has 21 heavy (non-hydrogen) atoms. The Bertz CT molecular complexity index is 499. The Kier molecular flexibility index (Phi) is 4.88. The van der Waals surface area contributed by atoms with E-state index in [9.17, 15) is 4.79 Å². The predicted octanol–water partition coefficient (Wildman–Crippen LogP) is 2.78. The van der Waals surface area contributed by atoms with Crippen LogP contribution < -0.4 is 0 Å². The zero-order valence-electron chi connectivity index (χ0n) is 13.8. The van der Waals surface area contributed by atoms with E-state index in [-0.39, 0.29) is 12.1 Å². The van der Waals surface area contributed by atoms with Gasteiger partial charge in [0.05, 0.1) is 6.04 Å². The summed E-state index contributed by atoms with van der Waals surface area (Å²) in [6.07, 6.45) is 0. The largest absolute Gasteiger partial charge is 0.331 e. The lowest BCUT2D eigenvalue weighted by Gasteiger charge is -2.41. The predicted molar refractivity (Wildman–Crippen MR) is 86.6 cm³/mol. The molecule has 1 saturated heterocycles. The third kappa shape index (κ3) is 3.38. The smallest absolute Gasteiger partial charge is 0.319 e. The molecule has 1 heterocycles. The van der Waals surface area contributed by atoms with Crippen molar-refractivity contribution < 1.29 is 4.79 Å². The lowest BCUT2D eigenvalue weighted by molar-refractivity contribution is 0.0970. The molecule has 2 rings (SSSR count). The molecule has 2 amide bonds. The molecule has 0 aliphatic carbocycles. The molecule has 0 saturated carbocycles. The second kappa shape index (κ2) is 6.48. The first-order valence-corrected chi connectivity index (χ1v) is 7.67. The molecule has 0 radical (unpaired) electrons. The van der Waals surface area contributed by atoms with E-state index in [0.717, 1.165) is 19.6 Å². The Balaban J connectivity index is 2.27. The first-order chi connectivity index (χ1) is 9.91. The van der Waals surface area contributed by atoms with Crippen molar-refractivity contribution >= 4 is 6.03 Å². The van der Waals surface area contributed by atoms with Crippen LogP contribution in [0.1, 0.15) is 36.9 Å². The van der Waals surface area contributed by atoms with Gasteiger partial charge in [-0.2, -0.15) is 0 Å². The molecular formula is C17H27N3O. The number of piperazine rings is 1. The highest BCUT2D eigenvalue weighted by Crippen LogP contribution is 2.30. The average Bonchev–Trinajstić information content (AvgIpc) is 2.47. The molecule has 4 heteroatoms. The second-order valence-corrected chi connectivity index (χ2v) is 6.40. The molecule has 4 nitrogen and oxygen atoms in total. The average molecular weight is 289 g/mol. The molecule has 0 bridgehead atoms. The molecule has 0 aromatic heterocycles. The van der Waals surface area contributed by atoms with Gasteiger partial charge in [0.1, 0.15) is 0 Å². The molecular weight excluding hydrogens is 262 g/mol. The molecule has 1 atom stereocenters. The number of urea groups is 1. The lowest BCUT2D eigenvalue weighted by atomic mass is 9.91. The van der Waals surface area contributed by atoms with E-state index in [0.29, 0.717) is 5.92 Å². The minimum atomic E-state index is 0.107. The van der Waals surface area contributed by atoms with Gasteiger partial charge in [0.25, 0.3) is 0 Å². The molecule has 1 aromatic carbocycles. The van der Waals surface area contributed by atoms with Gasteiger partial charge in [0, 0.05) is 33.7 Å². The van der Waals surface area contributed by atoms with Crippen LogP contribution in [0, 0.1) is 0 Å². The maximum Gasteiger partial charge on any atom is 0.319 e. The monoisotopic (exact) mass is 289 g/mol. The zero-order chi connectivity index (χ0) is 15.6. The topological polar surface area (TPSA) is 26.8 Å². The molecule has 116 valence electrons. The molecule has 1 aliphatic rings. The van der Waals surface area contributed by atoms with Crippen molar-refractivity contribution in [1.29, 1.82) is 0 Å². The van der Waals surface area contributed by atoms with Crippen LogP contribution in [-0.2, 0) is 0 Å². The van der Waals surface area contributed by atoms with Crippen molar-refractivity contribution in [3.8, 4) is 0 Å². The minimum Gasteiger partial charge on any atom is -0.331 e. The summed E-state index contributed by atoms with van der Waals surface area (Å²) in [5.41, 5.74) is 2.74. The van der Waals surface area contributed by atoms with Crippen LogP contribution in [0.15, 0.2) is 24.3 Å². The third-order valence-electron chi connectivity index (χ3n) is 4.28. The fraction of sp³-hybridized carbons (Fsp3) is 0.588. The van der Waals surface area contributed by atoms with Gasteiger partial charge in [-0.15, -0.1) is 0 Å². The number of hydrogen-bond donors (Lipinski definition) is 0. The minimum absolute atomic E-state index is 0.107. The summed E-state index contributed by atoms with van der Waals surface area (Å²) >= 11 is 0. The summed E-state index contributed by atoms with van der Waals surface area (Å²) in [5, 5.41) is 0. The summed E-state index contributed by atoms with van der Waals surface area (Å²) < 4.78 is 0. The fourth-order valence-electron chi connectivity index (χ4n) is 3.01. The van der Waals surface area contributed by atoms with E-state index < -0.39 is 0 Å². The van der Waals surface area contributed by atoms with Crippen LogP contribution in [-0.4, -0.2) is 61.5 Å². The number of likely N-dealkylation sites (N-methyl/N-ethyl adjacent to an activating group) is 1. The lowest BCUT2D eigenvalue weighted by Crippen LogP contribution is -2.51. The number of carbonyl (C=O) groups is 1. The third-order valence-corrected chi connectivity index (χ3v) is 4.28. The number of hydrogen-bond acceptors (Lipinski definition) is 2. The van der Waals surface area contributed by atoms with Gasteiger partial charge in [-0.1, -0.05) is 38.1 Å². The van der Waals surface area contributed by atoms with Crippen molar-refractivity contribution in [3.05, 3.63) is 35.4 Å². The van der Waals surface area contributed by atoms with E-state index in [4.69, 9.17) is 0 Å². The Morgan fingerprint density at radius 1 is 1.24 bits per heavy atom. The van der Waals surface area contributed by atoms with Gasteiger partial charge in [0.2, 0.25) is 0 Å². The summed E-state index contributed by atoms with van der Waals surface area (Å²) in [6.45, 7) is 6.93. The Morgan fingerprint density at radius 2 is 1.90 bits per heavy atom. The van der Waals surface area contributed by atoms with Gasteiger partial charge in [-0.05, 0) is 24.1 Å². The fourth-order valence-corrected chi connectivity index (χ4v) is 3.01. The summed E-state index contributed by atoms with van der Waals surface area (Å²) in [4.78, 5) is 18.2. The molecule has 1 unspecified atom stereocenters. The van der Waals surface area contributed by atoms with Crippen LogP contribution in [0.3, 0.4) is 0 Å². The quantitative estimate of drug-likeness (QED) is 0.837. The normalized spacial score (nSPS) is 19.9. The number of amides is 2. The van der Waals surface area contributed by atoms with E-state index in [1.165, 1.54) is 11.1 Å². The Labute approximate surface area is 128 Å². The van der Waals surface area contributed by atoms with Crippen LogP contribution >= 0.6 is 0 Å². The van der Waals surface area contributed by atoms with Crippen molar-refractivity contribution in [2.75, 3.05) is 40.8 Å². The van der Waals surface area contributed by atoms with Crippen molar-refractivity contribution in [2.45, 2.75) is 25.8 Å². The highest BCUT2D eigenvalue weighted by atomic mass is 16.2. The van der Waals surface area contributed by atoms with E-state index in [1.54, 1.807) is 4.90 Å². The highest BCUT2D eigenvalue weighted by molar-refractivity contribution is 5.74.